The van der Waals surface area contributed by atoms with Crippen molar-refractivity contribution in [2.45, 2.75) is 11.8 Å². The molecule has 0 aliphatic carbocycles. The fourth-order valence-electron chi connectivity index (χ4n) is 2.43. The highest BCUT2D eigenvalue weighted by molar-refractivity contribution is 7.92. The van der Waals surface area contributed by atoms with Crippen LogP contribution in [0.3, 0.4) is 0 Å². The number of anilines is 1. The number of nitrogens with one attached hydrogen (secondary N) is 1. The molecule has 0 saturated carbocycles. The maximum absolute atomic E-state index is 12.6. The van der Waals surface area contributed by atoms with Gasteiger partial charge >= 0.3 is 0 Å². The Kier molecular flexibility index (Phi) is 3.90. The molecule has 1 N–H and O–H groups in total. The van der Waals surface area contributed by atoms with E-state index in [4.69, 9.17) is 0 Å². The van der Waals surface area contributed by atoms with E-state index in [0.717, 1.165) is 17.0 Å². The molecule has 0 amide bonds. The highest BCUT2D eigenvalue weighted by Crippen LogP contribution is 2.29. The molecule has 1 heterocycles. The van der Waals surface area contributed by atoms with E-state index in [1.165, 1.54) is 18.2 Å². The lowest BCUT2D eigenvalue weighted by atomic mass is 10.1. The fourth-order valence-corrected chi connectivity index (χ4v) is 3.67. The van der Waals surface area contributed by atoms with E-state index in [9.17, 15) is 18.5 Å². The number of fused-ring (bicyclic) bond motifs is 1. The minimum Gasteiger partial charge on any atom is -0.277 e. The first-order chi connectivity index (χ1) is 11.4. The number of hydrogen-bond acceptors (Lipinski definition) is 5. The van der Waals surface area contributed by atoms with Crippen molar-refractivity contribution in [3.63, 3.8) is 0 Å². The van der Waals surface area contributed by atoms with E-state index in [1.54, 1.807) is 24.4 Å². The molecule has 7 nitrogen and oxygen atoms in total. The Morgan fingerprint density at radius 3 is 2.58 bits per heavy atom. The number of nitrogens with zero attached hydrogens (tertiary/aromatic N) is 2. The summed E-state index contributed by atoms with van der Waals surface area (Å²) in [4.78, 5) is 14.2. The zero-order valence-corrected chi connectivity index (χ0v) is 13.4. The van der Waals surface area contributed by atoms with Crippen LogP contribution in [0.2, 0.25) is 0 Å². The summed E-state index contributed by atoms with van der Waals surface area (Å²) in [5.41, 5.74) is 1.23. The summed E-state index contributed by atoms with van der Waals surface area (Å²) in [5.74, 6) is 0. The minimum atomic E-state index is -4.12. The molecule has 0 bridgehead atoms. The van der Waals surface area contributed by atoms with Gasteiger partial charge in [0, 0.05) is 17.6 Å². The predicted octanol–water partition coefficient (Wildman–Crippen LogP) is 3.25. The normalized spacial score (nSPS) is 11.4. The first-order valence-corrected chi connectivity index (χ1v) is 8.49. The van der Waals surface area contributed by atoms with Gasteiger partial charge in [-0.3, -0.25) is 19.8 Å². The third-order valence-electron chi connectivity index (χ3n) is 3.58. The van der Waals surface area contributed by atoms with E-state index in [-0.39, 0.29) is 10.6 Å². The van der Waals surface area contributed by atoms with Crippen LogP contribution in [-0.2, 0) is 10.0 Å². The van der Waals surface area contributed by atoms with Gasteiger partial charge in [-0.2, -0.15) is 0 Å². The molecule has 0 unspecified atom stereocenters. The van der Waals surface area contributed by atoms with E-state index in [2.05, 4.69) is 9.71 Å². The third kappa shape index (κ3) is 2.79. The van der Waals surface area contributed by atoms with Crippen LogP contribution in [0.25, 0.3) is 10.9 Å². The van der Waals surface area contributed by atoms with E-state index in [0.29, 0.717) is 5.52 Å². The molecule has 1 aromatic heterocycles. The second-order valence-electron chi connectivity index (χ2n) is 5.16. The number of aryl methyl sites for hydroxylation is 1. The summed E-state index contributed by atoms with van der Waals surface area (Å²) in [6.45, 7) is 1.89. The highest BCUT2D eigenvalue weighted by atomic mass is 32.2. The van der Waals surface area contributed by atoms with Crippen LogP contribution in [0.5, 0.6) is 0 Å². The second kappa shape index (κ2) is 5.89. The maximum Gasteiger partial charge on any atom is 0.289 e. The van der Waals surface area contributed by atoms with Gasteiger partial charge in [0.15, 0.2) is 4.90 Å². The topological polar surface area (TPSA) is 102 Å². The average Bonchev–Trinajstić information content (AvgIpc) is 2.57. The summed E-state index contributed by atoms with van der Waals surface area (Å²) >= 11 is 0. The van der Waals surface area contributed by atoms with Crippen molar-refractivity contribution in [2.24, 2.45) is 0 Å². The molecule has 0 saturated heterocycles. The molecule has 122 valence electrons. The first kappa shape index (κ1) is 15.9. The summed E-state index contributed by atoms with van der Waals surface area (Å²) < 4.78 is 27.6. The van der Waals surface area contributed by atoms with Gasteiger partial charge in [0.2, 0.25) is 0 Å². The molecule has 24 heavy (non-hydrogen) atoms. The summed E-state index contributed by atoms with van der Waals surface area (Å²) in [6, 6.07) is 12.2. The zero-order chi connectivity index (χ0) is 17.3. The van der Waals surface area contributed by atoms with Gasteiger partial charge in [0.05, 0.1) is 16.1 Å². The molecule has 3 rings (SSSR count). The first-order valence-electron chi connectivity index (χ1n) is 7.01. The van der Waals surface area contributed by atoms with Crippen molar-refractivity contribution in [2.75, 3.05) is 4.72 Å². The Bertz CT molecular complexity index is 1050. The summed E-state index contributed by atoms with van der Waals surface area (Å²) in [6.07, 6.45) is 1.56. The Morgan fingerprint density at radius 1 is 1.08 bits per heavy atom. The van der Waals surface area contributed by atoms with Crippen LogP contribution < -0.4 is 4.72 Å². The van der Waals surface area contributed by atoms with E-state index in [1.807, 2.05) is 13.0 Å². The van der Waals surface area contributed by atoms with Crippen molar-refractivity contribution >= 4 is 32.3 Å². The second-order valence-corrected chi connectivity index (χ2v) is 6.81. The number of aromatic nitrogens is 1. The Labute approximate surface area is 138 Å². The largest absolute Gasteiger partial charge is 0.289 e. The molecular formula is C16H13N3O4S. The van der Waals surface area contributed by atoms with Gasteiger partial charge in [0.25, 0.3) is 15.7 Å². The van der Waals surface area contributed by atoms with Crippen LogP contribution in [0, 0.1) is 17.0 Å². The SMILES string of the molecule is Cc1ccc(NS(=O)(=O)c2ccccc2[N+](=O)[O-])c2ncccc12. The molecular weight excluding hydrogens is 330 g/mol. The van der Waals surface area contributed by atoms with Gasteiger partial charge in [-0.25, -0.2) is 8.42 Å². The number of pyridine rings is 1. The average molecular weight is 343 g/mol. The molecule has 8 heteroatoms. The highest BCUT2D eigenvalue weighted by Gasteiger charge is 2.25. The van der Waals surface area contributed by atoms with E-state index >= 15 is 0 Å². The minimum absolute atomic E-state index is 0.273. The van der Waals surface area contributed by atoms with Crippen LogP contribution in [0.15, 0.2) is 59.6 Å². The van der Waals surface area contributed by atoms with Gasteiger partial charge in [0.1, 0.15) is 0 Å². The summed E-state index contributed by atoms with van der Waals surface area (Å²) in [7, 11) is -4.12. The van der Waals surface area contributed by atoms with Gasteiger partial charge in [-0.1, -0.05) is 24.3 Å². The lowest BCUT2D eigenvalue weighted by Gasteiger charge is -2.11. The molecule has 0 aliphatic rings. The van der Waals surface area contributed by atoms with E-state index < -0.39 is 20.6 Å². The molecule has 0 atom stereocenters. The number of rotatable bonds is 4. The number of hydrogen-bond donors (Lipinski definition) is 1. The van der Waals surface area contributed by atoms with Crippen LogP contribution in [0.1, 0.15) is 5.56 Å². The molecule has 2 aromatic carbocycles. The fraction of sp³-hybridized carbons (Fsp3) is 0.0625. The van der Waals surface area contributed by atoms with Crippen LogP contribution >= 0.6 is 0 Å². The third-order valence-corrected chi connectivity index (χ3v) is 5.00. The van der Waals surface area contributed by atoms with Crippen LogP contribution in [0.4, 0.5) is 11.4 Å². The maximum atomic E-state index is 12.6. The van der Waals surface area contributed by atoms with Crippen molar-refractivity contribution in [1.29, 1.82) is 0 Å². The Balaban J connectivity index is 2.12. The van der Waals surface area contributed by atoms with Gasteiger partial charge < -0.3 is 0 Å². The van der Waals surface area contributed by atoms with Crippen molar-refractivity contribution < 1.29 is 13.3 Å². The number of nitro groups is 1. The smallest absolute Gasteiger partial charge is 0.277 e. The van der Waals surface area contributed by atoms with Crippen molar-refractivity contribution in [1.82, 2.24) is 4.98 Å². The molecule has 0 spiro atoms. The molecule has 0 radical (unpaired) electrons. The lowest BCUT2D eigenvalue weighted by molar-refractivity contribution is -0.387. The van der Waals surface area contributed by atoms with Gasteiger partial charge in [-0.15, -0.1) is 0 Å². The predicted molar refractivity (Wildman–Crippen MR) is 90.4 cm³/mol. The lowest BCUT2D eigenvalue weighted by Crippen LogP contribution is -2.15. The number of nitro benzene ring substituents is 1. The molecule has 0 fully saturated rings. The number of sulfonamides is 1. The summed E-state index contributed by atoms with van der Waals surface area (Å²) in [5, 5.41) is 11.9. The quantitative estimate of drug-likeness (QED) is 0.578. The van der Waals surface area contributed by atoms with Crippen molar-refractivity contribution in [3.8, 4) is 0 Å². The van der Waals surface area contributed by atoms with Crippen LogP contribution in [-0.4, -0.2) is 18.3 Å². The Hall–Kier alpha value is -3.00. The van der Waals surface area contributed by atoms with Gasteiger partial charge in [-0.05, 0) is 30.7 Å². The number of benzene rings is 2. The Morgan fingerprint density at radius 2 is 1.83 bits per heavy atom. The molecule has 3 aromatic rings. The van der Waals surface area contributed by atoms with Crippen molar-refractivity contribution in [3.05, 3.63) is 70.4 Å². The molecule has 0 aliphatic heterocycles. The monoisotopic (exact) mass is 343 g/mol. The standard InChI is InChI=1S/C16H13N3O4S/c1-11-8-9-13(16-12(11)5-4-10-17-16)18-24(22,23)15-7-3-2-6-14(15)19(20)21/h2-10,18H,1H3. The zero-order valence-electron chi connectivity index (χ0n) is 12.6. The number of para-hydroxylation sites is 1.